The van der Waals surface area contributed by atoms with Gasteiger partial charge in [-0.2, -0.15) is 4.31 Å². The summed E-state index contributed by atoms with van der Waals surface area (Å²) in [6.45, 7) is 6.41. The average molecular weight is 421 g/mol. The van der Waals surface area contributed by atoms with Crippen LogP contribution < -0.4 is 5.32 Å². The normalized spacial score (nSPS) is 18.1. The van der Waals surface area contributed by atoms with Crippen molar-refractivity contribution in [2.24, 2.45) is 5.92 Å². The van der Waals surface area contributed by atoms with Crippen molar-refractivity contribution in [2.45, 2.75) is 38.5 Å². The highest BCUT2D eigenvalue weighted by molar-refractivity contribution is 7.89. The Hall–Kier alpha value is -1.89. The molecule has 1 atom stereocenters. The molecule has 2 aromatic carbocycles. The van der Waals surface area contributed by atoms with Gasteiger partial charge in [0.15, 0.2) is 0 Å². The number of amides is 1. The zero-order chi connectivity index (χ0) is 20.5. The molecule has 28 heavy (non-hydrogen) atoms. The summed E-state index contributed by atoms with van der Waals surface area (Å²) < 4.78 is 27.4. The van der Waals surface area contributed by atoms with E-state index in [0.29, 0.717) is 24.4 Å². The summed E-state index contributed by atoms with van der Waals surface area (Å²) in [6.07, 6.45) is 1.31. The van der Waals surface area contributed by atoms with Gasteiger partial charge in [0.1, 0.15) is 0 Å². The molecular weight excluding hydrogens is 396 g/mol. The number of nitrogens with one attached hydrogen (secondary N) is 1. The van der Waals surface area contributed by atoms with Crippen molar-refractivity contribution in [2.75, 3.05) is 18.4 Å². The third-order valence-corrected chi connectivity index (χ3v) is 7.58. The molecule has 0 aromatic heterocycles. The molecule has 1 amide bonds. The number of aryl methyl sites for hydroxylation is 3. The van der Waals surface area contributed by atoms with Gasteiger partial charge in [0.05, 0.1) is 10.8 Å². The van der Waals surface area contributed by atoms with Gasteiger partial charge in [-0.15, -0.1) is 0 Å². The van der Waals surface area contributed by atoms with Gasteiger partial charge in [-0.25, -0.2) is 8.42 Å². The maximum absolute atomic E-state index is 13.0. The van der Waals surface area contributed by atoms with Crippen molar-refractivity contribution >= 4 is 33.2 Å². The number of nitrogens with zero attached hydrogens (tertiary/aromatic N) is 1. The van der Waals surface area contributed by atoms with Crippen LogP contribution in [0.2, 0.25) is 5.02 Å². The lowest BCUT2D eigenvalue weighted by Gasteiger charge is -2.31. The van der Waals surface area contributed by atoms with Crippen molar-refractivity contribution in [3.63, 3.8) is 0 Å². The first kappa shape index (κ1) is 20.8. The standard InChI is InChI=1S/C21H25ClN2O3S/c1-14-6-8-18(11-16(14)3)23-21(25)17-5-4-10-24(13-17)28(26,27)19-9-7-15(2)20(22)12-19/h6-9,11-12,17H,4-5,10,13H2,1-3H3,(H,23,25)/t17-/m0/s1. The number of sulfonamides is 1. The highest BCUT2D eigenvalue weighted by Crippen LogP contribution is 2.27. The molecule has 150 valence electrons. The van der Waals surface area contributed by atoms with E-state index in [1.54, 1.807) is 12.1 Å². The zero-order valence-electron chi connectivity index (χ0n) is 16.3. The molecule has 0 bridgehead atoms. The number of anilines is 1. The van der Waals surface area contributed by atoms with E-state index in [-0.39, 0.29) is 23.3 Å². The Kier molecular flexibility index (Phi) is 6.12. The Morgan fingerprint density at radius 3 is 2.46 bits per heavy atom. The first-order chi connectivity index (χ1) is 13.2. The summed E-state index contributed by atoms with van der Waals surface area (Å²) in [5, 5.41) is 3.35. The molecule has 0 radical (unpaired) electrons. The number of rotatable bonds is 4. The van der Waals surface area contributed by atoms with Gasteiger partial charge in [0.25, 0.3) is 0 Å². The van der Waals surface area contributed by atoms with Crippen LogP contribution in [-0.4, -0.2) is 31.7 Å². The molecule has 0 unspecified atom stereocenters. The summed E-state index contributed by atoms with van der Waals surface area (Å²) in [6, 6.07) is 10.5. The van der Waals surface area contributed by atoms with Gasteiger partial charge in [0, 0.05) is 23.8 Å². The second kappa shape index (κ2) is 8.23. The number of carbonyl (C=O) groups excluding carboxylic acids is 1. The molecule has 7 heteroatoms. The van der Waals surface area contributed by atoms with Gasteiger partial charge in [-0.05, 0) is 74.6 Å². The van der Waals surface area contributed by atoms with Gasteiger partial charge < -0.3 is 5.32 Å². The Morgan fingerprint density at radius 1 is 1.07 bits per heavy atom. The SMILES string of the molecule is Cc1ccc(NC(=O)[C@H]2CCCN(S(=O)(=O)c3ccc(C)c(Cl)c3)C2)cc1C. The zero-order valence-corrected chi connectivity index (χ0v) is 17.9. The number of carbonyl (C=O) groups is 1. The third kappa shape index (κ3) is 4.40. The highest BCUT2D eigenvalue weighted by Gasteiger charge is 2.33. The molecule has 0 aliphatic carbocycles. The van der Waals surface area contributed by atoms with Crippen molar-refractivity contribution < 1.29 is 13.2 Å². The second-order valence-corrected chi connectivity index (χ2v) is 9.75. The molecule has 1 heterocycles. The fourth-order valence-electron chi connectivity index (χ4n) is 3.32. The molecule has 1 aliphatic rings. The second-order valence-electron chi connectivity index (χ2n) is 7.40. The predicted molar refractivity (Wildman–Crippen MR) is 112 cm³/mol. The fraction of sp³-hybridized carbons (Fsp3) is 0.381. The Morgan fingerprint density at radius 2 is 1.79 bits per heavy atom. The van der Waals surface area contributed by atoms with E-state index >= 15 is 0 Å². The van der Waals surface area contributed by atoms with Crippen molar-refractivity contribution in [3.8, 4) is 0 Å². The molecule has 3 rings (SSSR count). The van der Waals surface area contributed by atoms with E-state index < -0.39 is 10.0 Å². The Balaban J connectivity index is 1.74. The van der Waals surface area contributed by atoms with E-state index in [1.165, 1.54) is 10.4 Å². The molecule has 1 N–H and O–H groups in total. The maximum atomic E-state index is 13.0. The Bertz CT molecular complexity index is 1000. The maximum Gasteiger partial charge on any atom is 0.243 e. The van der Waals surface area contributed by atoms with Gasteiger partial charge in [0.2, 0.25) is 15.9 Å². The number of benzene rings is 2. The Labute approximate surface area is 171 Å². The molecule has 1 aliphatic heterocycles. The number of halogens is 1. The fourth-order valence-corrected chi connectivity index (χ4v) is 5.12. The lowest BCUT2D eigenvalue weighted by Crippen LogP contribution is -2.43. The summed E-state index contributed by atoms with van der Waals surface area (Å²) >= 11 is 6.10. The molecule has 0 saturated carbocycles. The van der Waals surface area contributed by atoms with Crippen LogP contribution in [0, 0.1) is 26.7 Å². The molecule has 5 nitrogen and oxygen atoms in total. The lowest BCUT2D eigenvalue weighted by atomic mass is 9.98. The summed E-state index contributed by atoms with van der Waals surface area (Å²) in [5.41, 5.74) is 3.81. The topological polar surface area (TPSA) is 66.5 Å². The van der Waals surface area contributed by atoms with Crippen molar-refractivity contribution in [3.05, 3.63) is 58.1 Å². The minimum absolute atomic E-state index is 0.148. The van der Waals surface area contributed by atoms with Crippen molar-refractivity contribution in [1.82, 2.24) is 4.31 Å². The third-order valence-electron chi connectivity index (χ3n) is 5.31. The van der Waals surface area contributed by atoms with Gasteiger partial charge in [-0.3, -0.25) is 4.79 Å². The minimum atomic E-state index is -3.68. The van der Waals surface area contributed by atoms with Crippen LogP contribution in [0.15, 0.2) is 41.3 Å². The van der Waals surface area contributed by atoms with Crippen LogP contribution in [0.5, 0.6) is 0 Å². The van der Waals surface area contributed by atoms with Crippen LogP contribution in [0.1, 0.15) is 29.5 Å². The van der Waals surface area contributed by atoms with E-state index in [1.807, 2.05) is 39.0 Å². The predicted octanol–water partition coefficient (Wildman–Crippen LogP) is 4.30. The number of hydrogen-bond acceptors (Lipinski definition) is 3. The molecule has 0 spiro atoms. The lowest BCUT2D eigenvalue weighted by molar-refractivity contribution is -0.120. The molecule has 1 saturated heterocycles. The first-order valence-electron chi connectivity index (χ1n) is 9.33. The van der Waals surface area contributed by atoms with Crippen LogP contribution in [0.25, 0.3) is 0 Å². The van der Waals surface area contributed by atoms with Crippen LogP contribution in [-0.2, 0) is 14.8 Å². The highest BCUT2D eigenvalue weighted by atomic mass is 35.5. The van der Waals surface area contributed by atoms with E-state index in [2.05, 4.69) is 5.32 Å². The molecule has 2 aromatic rings. The largest absolute Gasteiger partial charge is 0.326 e. The first-order valence-corrected chi connectivity index (χ1v) is 11.1. The van der Waals surface area contributed by atoms with Crippen molar-refractivity contribution in [1.29, 1.82) is 0 Å². The summed E-state index contributed by atoms with van der Waals surface area (Å²) in [4.78, 5) is 12.9. The minimum Gasteiger partial charge on any atom is -0.326 e. The van der Waals surface area contributed by atoms with Crippen LogP contribution in [0.4, 0.5) is 5.69 Å². The average Bonchev–Trinajstić information content (AvgIpc) is 2.67. The molecular formula is C21H25ClN2O3S. The quantitative estimate of drug-likeness (QED) is 0.801. The monoisotopic (exact) mass is 420 g/mol. The number of piperidine rings is 1. The van der Waals surface area contributed by atoms with Gasteiger partial charge >= 0.3 is 0 Å². The summed E-state index contributed by atoms with van der Waals surface area (Å²) in [5.74, 6) is -0.531. The number of hydrogen-bond donors (Lipinski definition) is 1. The van der Waals surface area contributed by atoms with E-state index in [9.17, 15) is 13.2 Å². The summed E-state index contributed by atoms with van der Waals surface area (Å²) in [7, 11) is -3.68. The van der Waals surface area contributed by atoms with Crippen LogP contribution in [0.3, 0.4) is 0 Å². The smallest absolute Gasteiger partial charge is 0.243 e. The van der Waals surface area contributed by atoms with Crippen LogP contribution >= 0.6 is 11.6 Å². The molecule has 1 fully saturated rings. The van der Waals surface area contributed by atoms with Gasteiger partial charge in [-0.1, -0.05) is 23.7 Å². The van der Waals surface area contributed by atoms with E-state index in [0.717, 1.165) is 22.4 Å². The van der Waals surface area contributed by atoms with E-state index in [4.69, 9.17) is 11.6 Å².